The zero-order valence-corrected chi connectivity index (χ0v) is 22.5. The van der Waals surface area contributed by atoms with Crippen LogP contribution in [-0.4, -0.2) is 0 Å². The topological polar surface area (TPSA) is 0 Å². The van der Waals surface area contributed by atoms with Gasteiger partial charge in [-0.05, 0) is 67.7 Å². The molecule has 0 heterocycles. The molecule has 0 spiro atoms. The predicted octanol–water partition coefficient (Wildman–Crippen LogP) is 7.54. The number of rotatable bonds is 5. The van der Waals surface area contributed by atoms with E-state index in [0.29, 0.717) is 17.2 Å². The Labute approximate surface area is 217 Å². The molecular weight excluding hydrogens is 470 g/mol. The number of aryl methyl sites for hydroxylation is 2. The molecule has 0 aliphatic rings. The second-order valence-electron chi connectivity index (χ2n) is 9.40. The predicted molar refractivity (Wildman–Crippen MR) is 164 cm³/mol. The lowest BCUT2D eigenvalue weighted by atomic mass is 9.94. The van der Waals surface area contributed by atoms with E-state index in [1.165, 1.54) is 65.0 Å². The Bertz CT molecular complexity index is 1550. The molecule has 6 aromatic rings. The van der Waals surface area contributed by atoms with Crippen molar-refractivity contribution in [2.24, 2.45) is 0 Å². The van der Waals surface area contributed by atoms with Gasteiger partial charge in [0.05, 0.1) is 0 Å². The van der Waals surface area contributed by atoms with Gasteiger partial charge in [-0.1, -0.05) is 150 Å². The maximum Gasteiger partial charge on any atom is -0.00150 e. The summed E-state index contributed by atoms with van der Waals surface area (Å²) in [5.41, 5.74) is 5.38. The molecule has 0 aliphatic heterocycles. The monoisotopic (exact) mass is 498 g/mol. The largest absolute Gasteiger partial charge is 0.0616 e. The van der Waals surface area contributed by atoms with E-state index in [1.807, 2.05) is 0 Å². The molecule has 0 nitrogen and oxygen atoms in total. The zero-order chi connectivity index (χ0) is 24.5. The van der Waals surface area contributed by atoms with Crippen molar-refractivity contribution in [1.29, 1.82) is 0 Å². The van der Waals surface area contributed by atoms with Gasteiger partial charge < -0.3 is 0 Å². The number of hydrogen-bond donors (Lipinski definition) is 0. The van der Waals surface area contributed by atoms with Crippen LogP contribution in [0.4, 0.5) is 0 Å². The van der Waals surface area contributed by atoms with Gasteiger partial charge in [-0.15, -0.1) is 0 Å². The molecule has 2 heteroatoms. The number of benzene rings is 6. The fourth-order valence-corrected chi connectivity index (χ4v) is 7.27. The van der Waals surface area contributed by atoms with Crippen molar-refractivity contribution >= 4 is 59.9 Å². The summed E-state index contributed by atoms with van der Waals surface area (Å²) in [6.07, 6.45) is 0. The molecule has 0 N–H and O–H groups in total. The third kappa shape index (κ3) is 4.60. The molecular formula is C34H28P2. The van der Waals surface area contributed by atoms with Crippen LogP contribution in [0.25, 0.3) is 32.7 Å². The second kappa shape index (κ2) is 9.99. The first kappa shape index (κ1) is 23.1. The van der Waals surface area contributed by atoms with Crippen LogP contribution in [0.2, 0.25) is 0 Å². The van der Waals surface area contributed by atoms with E-state index in [4.69, 9.17) is 0 Å². The van der Waals surface area contributed by atoms with Crippen molar-refractivity contribution in [3.05, 3.63) is 132 Å². The van der Waals surface area contributed by atoms with Gasteiger partial charge in [0, 0.05) is 0 Å². The molecule has 0 saturated heterocycles. The molecule has 2 unspecified atom stereocenters. The van der Waals surface area contributed by atoms with E-state index < -0.39 is 0 Å². The van der Waals surface area contributed by atoms with Crippen molar-refractivity contribution in [3.8, 4) is 11.1 Å². The van der Waals surface area contributed by atoms with Gasteiger partial charge in [-0.25, -0.2) is 0 Å². The fourth-order valence-electron chi connectivity index (χ4n) is 4.87. The fraction of sp³-hybridized carbons (Fsp3) is 0.0588. The lowest BCUT2D eigenvalue weighted by molar-refractivity contribution is 1.49. The highest BCUT2D eigenvalue weighted by atomic mass is 31.1. The van der Waals surface area contributed by atoms with Crippen LogP contribution in [0.15, 0.2) is 121 Å². The Balaban J connectivity index is 1.63. The van der Waals surface area contributed by atoms with E-state index in [1.54, 1.807) is 0 Å². The van der Waals surface area contributed by atoms with Crippen LogP contribution in [0.1, 0.15) is 11.1 Å². The number of fused-ring (bicyclic) bond motifs is 2. The average molecular weight is 499 g/mol. The molecule has 0 fully saturated rings. The molecule has 6 aromatic carbocycles. The standard InChI is InChI=1S/C34H28P2/c1-23-11-17-27(18-12-23)35-31-21-15-25-7-3-5-9-29(25)33(31)34-30-10-6-4-8-26(30)16-22-32(34)36-28-19-13-24(2)14-20-28/h3-22,35-36H,1-2H3. The quantitative estimate of drug-likeness (QED) is 0.216. The molecule has 174 valence electrons. The highest BCUT2D eigenvalue weighted by Crippen LogP contribution is 2.37. The summed E-state index contributed by atoms with van der Waals surface area (Å²) < 4.78 is 0. The molecule has 0 aromatic heterocycles. The lowest BCUT2D eigenvalue weighted by Gasteiger charge is -2.20. The molecule has 0 amide bonds. The van der Waals surface area contributed by atoms with Crippen LogP contribution in [0.5, 0.6) is 0 Å². The van der Waals surface area contributed by atoms with Crippen molar-refractivity contribution in [1.82, 2.24) is 0 Å². The first-order chi connectivity index (χ1) is 17.7. The molecule has 0 aliphatic carbocycles. The molecule has 36 heavy (non-hydrogen) atoms. The summed E-state index contributed by atoms with van der Waals surface area (Å²) in [4.78, 5) is 0. The van der Waals surface area contributed by atoms with Crippen molar-refractivity contribution in [3.63, 3.8) is 0 Å². The van der Waals surface area contributed by atoms with Gasteiger partial charge >= 0.3 is 0 Å². The Kier molecular flexibility index (Phi) is 6.41. The normalized spacial score (nSPS) is 11.9. The van der Waals surface area contributed by atoms with Gasteiger partial charge in [-0.2, -0.15) is 0 Å². The maximum atomic E-state index is 2.36. The summed E-state index contributed by atoms with van der Waals surface area (Å²) in [6, 6.07) is 45.1. The van der Waals surface area contributed by atoms with Gasteiger partial charge in [0.25, 0.3) is 0 Å². The summed E-state index contributed by atoms with van der Waals surface area (Å²) in [6.45, 7) is 4.31. The molecule has 6 rings (SSSR count). The minimum Gasteiger partial charge on any atom is -0.0616 e. The zero-order valence-electron chi connectivity index (χ0n) is 20.5. The molecule has 0 saturated carbocycles. The van der Waals surface area contributed by atoms with Crippen LogP contribution in [0.3, 0.4) is 0 Å². The van der Waals surface area contributed by atoms with Gasteiger partial charge in [0.2, 0.25) is 0 Å². The van der Waals surface area contributed by atoms with Crippen molar-refractivity contribution in [2.45, 2.75) is 13.8 Å². The van der Waals surface area contributed by atoms with E-state index in [2.05, 4.69) is 135 Å². The van der Waals surface area contributed by atoms with E-state index in [-0.39, 0.29) is 0 Å². The van der Waals surface area contributed by atoms with E-state index in [9.17, 15) is 0 Å². The molecule has 0 radical (unpaired) electrons. The van der Waals surface area contributed by atoms with Gasteiger partial charge in [0.1, 0.15) is 0 Å². The smallest absolute Gasteiger partial charge is 0.00150 e. The van der Waals surface area contributed by atoms with Crippen LogP contribution in [0, 0.1) is 13.8 Å². The third-order valence-electron chi connectivity index (χ3n) is 6.77. The van der Waals surface area contributed by atoms with E-state index >= 15 is 0 Å². The second-order valence-corrected chi connectivity index (χ2v) is 12.1. The average Bonchev–Trinajstić information content (AvgIpc) is 2.91. The molecule has 0 bridgehead atoms. The minimum atomic E-state index is 0.598. The number of hydrogen-bond acceptors (Lipinski definition) is 0. The summed E-state index contributed by atoms with van der Waals surface area (Å²) in [5.74, 6) is 0. The summed E-state index contributed by atoms with van der Waals surface area (Å²) in [5, 5.41) is 10.8. The van der Waals surface area contributed by atoms with Crippen molar-refractivity contribution < 1.29 is 0 Å². The Hall–Kier alpha value is -3.30. The lowest BCUT2D eigenvalue weighted by Crippen LogP contribution is -2.13. The van der Waals surface area contributed by atoms with E-state index in [0.717, 1.165) is 0 Å². The highest BCUT2D eigenvalue weighted by molar-refractivity contribution is 7.56. The van der Waals surface area contributed by atoms with Gasteiger partial charge in [-0.3, -0.25) is 0 Å². The third-order valence-corrected chi connectivity index (χ3v) is 9.39. The SMILES string of the molecule is Cc1ccc(Pc2ccc3ccccc3c2-c2c(Pc3ccc(C)cc3)ccc3ccccc23)cc1. The van der Waals surface area contributed by atoms with Crippen LogP contribution in [-0.2, 0) is 0 Å². The van der Waals surface area contributed by atoms with Crippen LogP contribution < -0.4 is 21.2 Å². The Morgan fingerprint density at radius 3 is 1.19 bits per heavy atom. The summed E-state index contributed by atoms with van der Waals surface area (Å²) >= 11 is 0. The Morgan fingerprint density at radius 2 is 0.778 bits per heavy atom. The first-order valence-electron chi connectivity index (χ1n) is 12.4. The summed E-state index contributed by atoms with van der Waals surface area (Å²) in [7, 11) is 1.20. The van der Waals surface area contributed by atoms with Crippen LogP contribution >= 0.6 is 17.2 Å². The van der Waals surface area contributed by atoms with Crippen molar-refractivity contribution in [2.75, 3.05) is 0 Å². The maximum absolute atomic E-state index is 2.36. The highest BCUT2D eigenvalue weighted by Gasteiger charge is 2.17. The Morgan fingerprint density at radius 1 is 0.389 bits per heavy atom. The minimum absolute atomic E-state index is 0.598. The molecule has 2 atom stereocenters. The first-order valence-corrected chi connectivity index (χ1v) is 14.4. The van der Waals surface area contributed by atoms with Gasteiger partial charge in [0.15, 0.2) is 0 Å².